The molecule has 17 heavy (non-hydrogen) atoms. The van der Waals surface area contributed by atoms with Crippen LogP contribution in [0.1, 0.15) is 30.7 Å². The Morgan fingerprint density at radius 2 is 2.12 bits per heavy atom. The first-order valence-electron chi connectivity index (χ1n) is 6.23. The fourth-order valence-electron chi connectivity index (χ4n) is 2.19. The zero-order valence-electron chi connectivity index (χ0n) is 9.97. The van der Waals surface area contributed by atoms with E-state index in [4.69, 9.17) is 0 Å². The molecule has 1 aliphatic rings. The molecule has 2 rings (SSSR count). The van der Waals surface area contributed by atoms with Crippen molar-refractivity contribution in [3.63, 3.8) is 0 Å². The van der Waals surface area contributed by atoms with Gasteiger partial charge >= 0.3 is 0 Å². The number of hydrogen-bond donors (Lipinski definition) is 1. The first-order chi connectivity index (χ1) is 8.40. The molecule has 0 aromatic heterocycles. The van der Waals surface area contributed by atoms with E-state index in [1.807, 2.05) is 30.3 Å². The van der Waals surface area contributed by atoms with Crippen LogP contribution in [0.5, 0.6) is 0 Å². The van der Waals surface area contributed by atoms with E-state index in [9.17, 15) is 5.26 Å². The molecule has 0 saturated heterocycles. The monoisotopic (exact) mass is 226 g/mol. The Morgan fingerprint density at radius 1 is 1.29 bits per heavy atom. The van der Waals surface area contributed by atoms with Gasteiger partial charge in [-0.25, -0.2) is 0 Å². The quantitative estimate of drug-likeness (QED) is 0.801. The van der Waals surface area contributed by atoms with Gasteiger partial charge in [0.15, 0.2) is 0 Å². The molecule has 0 amide bonds. The fourth-order valence-corrected chi connectivity index (χ4v) is 2.19. The Balaban J connectivity index is 1.88. The fraction of sp³-hybridized carbons (Fsp3) is 0.400. The predicted molar refractivity (Wildman–Crippen MR) is 69.6 cm³/mol. The highest BCUT2D eigenvalue weighted by Gasteiger charge is 2.14. The second kappa shape index (κ2) is 6.22. The van der Waals surface area contributed by atoms with Gasteiger partial charge in [-0.05, 0) is 24.8 Å². The normalized spacial score (nSPS) is 20.8. The van der Waals surface area contributed by atoms with Crippen LogP contribution in [0.15, 0.2) is 42.5 Å². The van der Waals surface area contributed by atoms with Gasteiger partial charge in [0.2, 0.25) is 0 Å². The lowest BCUT2D eigenvalue weighted by Crippen LogP contribution is -2.33. The van der Waals surface area contributed by atoms with Crippen molar-refractivity contribution in [3.8, 4) is 6.07 Å². The third kappa shape index (κ3) is 3.44. The molecule has 1 aromatic rings. The molecule has 1 aliphatic carbocycles. The van der Waals surface area contributed by atoms with E-state index in [1.165, 1.54) is 6.42 Å². The van der Waals surface area contributed by atoms with Crippen LogP contribution in [-0.2, 0) is 0 Å². The predicted octanol–water partition coefficient (Wildman–Crippen LogP) is 2.99. The van der Waals surface area contributed by atoms with Crippen LogP contribution in [0.4, 0.5) is 0 Å². The average molecular weight is 226 g/mol. The van der Waals surface area contributed by atoms with Crippen molar-refractivity contribution in [3.05, 3.63) is 48.0 Å². The molecule has 2 unspecified atom stereocenters. The SMILES string of the molecule is N#CC(CNC1CC=CCC1)c1ccccc1. The summed E-state index contributed by atoms with van der Waals surface area (Å²) < 4.78 is 0. The smallest absolute Gasteiger partial charge is 0.0837 e. The van der Waals surface area contributed by atoms with Gasteiger partial charge in [-0.2, -0.15) is 5.26 Å². The maximum Gasteiger partial charge on any atom is 0.0837 e. The Morgan fingerprint density at radius 3 is 2.76 bits per heavy atom. The number of nitriles is 1. The zero-order valence-corrected chi connectivity index (χ0v) is 9.97. The summed E-state index contributed by atoms with van der Waals surface area (Å²) in [5, 5.41) is 12.7. The Labute approximate surface area is 103 Å². The average Bonchev–Trinajstić information content (AvgIpc) is 2.42. The molecule has 0 fully saturated rings. The minimum Gasteiger partial charge on any atom is -0.312 e. The molecular weight excluding hydrogens is 208 g/mol. The molecule has 1 N–H and O–H groups in total. The minimum absolute atomic E-state index is 0.0397. The van der Waals surface area contributed by atoms with Gasteiger partial charge in [0, 0.05) is 12.6 Å². The highest BCUT2D eigenvalue weighted by Crippen LogP contribution is 2.15. The number of nitrogens with one attached hydrogen (secondary N) is 1. The van der Waals surface area contributed by atoms with Crippen LogP contribution in [0, 0.1) is 11.3 Å². The lowest BCUT2D eigenvalue weighted by molar-refractivity contribution is 0.469. The molecule has 0 heterocycles. The Kier molecular flexibility index (Phi) is 4.35. The van der Waals surface area contributed by atoms with Gasteiger partial charge in [0.25, 0.3) is 0 Å². The summed E-state index contributed by atoms with van der Waals surface area (Å²) in [4.78, 5) is 0. The van der Waals surface area contributed by atoms with Crippen LogP contribution in [0.3, 0.4) is 0 Å². The first-order valence-corrected chi connectivity index (χ1v) is 6.23. The number of rotatable bonds is 4. The molecule has 2 nitrogen and oxygen atoms in total. The van der Waals surface area contributed by atoms with E-state index in [0.717, 1.165) is 24.9 Å². The second-order valence-electron chi connectivity index (χ2n) is 4.48. The first kappa shape index (κ1) is 11.9. The highest BCUT2D eigenvalue weighted by molar-refractivity contribution is 5.25. The summed E-state index contributed by atoms with van der Waals surface area (Å²) in [6, 6.07) is 12.9. The van der Waals surface area contributed by atoms with Gasteiger partial charge in [-0.15, -0.1) is 0 Å². The third-order valence-corrected chi connectivity index (χ3v) is 3.24. The molecule has 0 radical (unpaired) electrons. The summed E-state index contributed by atoms with van der Waals surface area (Å²) in [6.45, 7) is 0.749. The van der Waals surface area contributed by atoms with Crippen molar-refractivity contribution >= 4 is 0 Å². The molecule has 0 spiro atoms. The van der Waals surface area contributed by atoms with Crippen LogP contribution in [0.2, 0.25) is 0 Å². The molecule has 0 bridgehead atoms. The van der Waals surface area contributed by atoms with E-state index in [2.05, 4.69) is 23.5 Å². The zero-order chi connectivity index (χ0) is 11.9. The Bertz CT molecular complexity index is 403. The minimum atomic E-state index is -0.0397. The topological polar surface area (TPSA) is 35.8 Å². The molecule has 2 heteroatoms. The van der Waals surface area contributed by atoms with Crippen molar-refractivity contribution in [2.24, 2.45) is 0 Å². The van der Waals surface area contributed by atoms with Gasteiger partial charge in [-0.1, -0.05) is 42.5 Å². The van der Waals surface area contributed by atoms with Gasteiger partial charge in [0.05, 0.1) is 12.0 Å². The van der Waals surface area contributed by atoms with Crippen molar-refractivity contribution in [2.75, 3.05) is 6.54 Å². The second-order valence-corrected chi connectivity index (χ2v) is 4.48. The van der Waals surface area contributed by atoms with Gasteiger partial charge < -0.3 is 5.32 Å². The summed E-state index contributed by atoms with van der Waals surface area (Å²) in [5.74, 6) is -0.0397. The molecule has 1 aromatic carbocycles. The third-order valence-electron chi connectivity index (χ3n) is 3.24. The summed E-state index contributed by atoms with van der Waals surface area (Å²) in [6.07, 6.45) is 7.89. The van der Waals surface area contributed by atoms with Crippen molar-refractivity contribution in [1.29, 1.82) is 5.26 Å². The van der Waals surface area contributed by atoms with Crippen LogP contribution < -0.4 is 5.32 Å². The van der Waals surface area contributed by atoms with Crippen molar-refractivity contribution in [1.82, 2.24) is 5.32 Å². The lowest BCUT2D eigenvalue weighted by Gasteiger charge is -2.21. The highest BCUT2D eigenvalue weighted by atomic mass is 14.9. The summed E-state index contributed by atoms with van der Waals surface area (Å²) in [5.41, 5.74) is 1.11. The maximum absolute atomic E-state index is 9.20. The number of benzene rings is 1. The van der Waals surface area contributed by atoms with Crippen molar-refractivity contribution in [2.45, 2.75) is 31.2 Å². The van der Waals surface area contributed by atoms with E-state index in [-0.39, 0.29) is 5.92 Å². The van der Waals surface area contributed by atoms with E-state index >= 15 is 0 Å². The summed E-state index contributed by atoms with van der Waals surface area (Å²) >= 11 is 0. The van der Waals surface area contributed by atoms with E-state index < -0.39 is 0 Å². The number of allylic oxidation sites excluding steroid dienone is 1. The van der Waals surface area contributed by atoms with Crippen LogP contribution in [-0.4, -0.2) is 12.6 Å². The standard InChI is InChI=1S/C15H18N2/c16-11-14(13-7-3-1-4-8-13)12-17-15-9-5-2-6-10-15/h1-5,7-8,14-15,17H,6,9-10,12H2. The van der Waals surface area contributed by atoms with E-state index in [0.29, 0.717) is 6.04 Å². The molecule has 88 valence electrons. The van der Waals surface area contributed by atoms with Gasteiger partial charge in [-0.3, -0.25) is 0 Å². The number of nitrogens with zero attached hydrogens (tertiary/aromatic N) is 1. The van der Waals surface area contributed by atoms with Gasteiger partial charge in [0.1, 0.15) is 0 Å². The number of hydrogen-bond acceptors (Lipinski definition) is 2. The molecule has 2 atom stereocenters. The lowest BCUT2D eigenvalue weighted by atomic mass is 9.98. The molecule has 0 aliphatic heterocycles. The van der Waals surface area contributed by atoms with Crippen LogP contribution >= 0.6 is 0 Å². The Hall–Kier alpha value is -1.59. The molecule has 0 saturated carbocycles. The maximum atomic E-state index is 9.20. The summed E-state index contributed by atoms with van der Waals surface area (Å²) in [7, 11) is 0. The van der Waals surface area contributed by atoms with Crippen molar-refractivity contribution < 1.29 is 0 Å². The van der Waals surface area contributed by atoms with E-state index in [1.54, 1.807) is 0 Å². The van der Waals surface area contributed by atoms with Crippen LogP contribution in [0.25, 0.3) is 0 Å². The largest absolute Gasteiger partial charge is 0.312 e. The molecular formula is C15H18N2.